The maximum atomic E-state index is 13.1. The minimum atomic E-state index is -0.430. The number of Topliss-reactive ketones (excluding diaryl/α,β-unsaturated/α-hetero) is 1. The van der Waals surface area contributed by atoms with Gasteiger partial charge in [-0.1, -0.05) is 48.0 Å². The monoisotopic (exact) mass is 417 g/mol. The number of fused-ring (bicyclic) bond motifs is 1. The molecule has 2 atom stereocenters. The van der Waals surface area contributed by atoms with E-state index in [-0.39, 0.29) is 30.8 Å². The quantitative estimate of drug-likeness (QED) is 0.500. The highest BCUT2D eigenvalue weighted by Gasteiger charge is 2.43. The lowest BCUT2D eigenvalue weighted by molar-refractivity contribution is -0.140. The molecule has 2 aliphatic rings. The van der Waals surface area contributed by atoms with E-state index < -0.39 is 5.97 Å². The van der Waals surface area contributed by atoms with Crippen LogP contribution in [0.25, 0.3) is 0 Å². The Balaban J connectivity index is 1.56. The normalized spacial score (nSPS) is 20.7. The van der Waals surface area contributed by atoms with Crippen molar-refractivity contribution in [1.29, 1.82) is 0 Å². The molecular weight excluding hydrogens is 390 g/mol. The summed E-state index contributed by atoms with van der Waals surface area (Å²) in [5.74, 6) is -0.292. The van der Waals surface area contributed by atoms with Gasteiger partial charge in [0.2, 0.25) is 0 Å². The van der Waals surface area contributed by atoms with Crippen molar-refractivity contribution in [3.63, 3.8) is 0 Å². The molecule has 0 spiro atoms. The predicted octanol–water partition coefficient (Wildman–Crippen LogP) is 4.80. The molecule has 0 N–H and O–H groups in total. The highest BCUT2D eigenvalue weighted by molar-refractivity contribution is 6.11. The van der Waals surface area contributed by atoms with E-state index in [1.807, 2.05) is 68.4 Å². The maximum absolute atomic E-state index is 13.1. The van der Waals surface area contributed by atoms with Gasteiger partial charge >= 0.3 is 5.97 Å². The van der Waals surface area contributed by atoms with Gasteiger partial charge in [0.15, 0.2) is 0 Å². The number of aryl methyl sites for hydroxylation is 1. The van der Waals surface area contributed by atoms with Crippen LogP contribution in [0.3, 0.4) is 0 Å². The van der Waals surface area contributed by atoms with Gasteiger partial charge in [0, 0.05) is 23.7 Å². The Labute approximate surface area is 182 Å². The van der Waals surface area contributed by atoms with Crippen LogP contribution in [0.4, 0.5) is 0 Å². The molecule has 0 saturated heterocycles. The highest BCUT2D eigenvalue weighted by atomic mass is 16.6. The molecule has 1 heterocycles. The van der Waals surface area contributed by atoms with Crippen molar-refractivity contribution in [2.24, 2.45) is 10.9 Å². The molecule has 31 heavy (non-hydrogen) atoms. The van der Waals surface area contributed by atoms with E-state index in [2.05, 4.69) is 4.99 Å². The summed E-state index contributed by atoms with van der Waals surface area (Å²) >= 11 is 0. The van der Waals surface area contributed by atoms with Gasteiger partial charge in [0.1, 0.15) is 24.7 Å². The van der Waals surface area contributed by atoms with Crippen molar-refractivity contribution >= 4 is 17.5 Å². The van der Waals surface area contributed by atoms with E-state index in [0.29, 0.717) is 17.7 Å². The molecule has 0 bridgehead atoms. The van der Waals surface area contributed by atoms with Gasteiger partial charge in [0.05, 0.1) is 11.5 Å². The first kappa shape index (κ1) is 21.0. The van der Waals surface area contributed by atoms with E-state index in [4.69, 9.17) is 9.47 Å². The summed E-state index contributed by atoms with van der Waals surface area (Å²) in [6.45, 7) is 4.24. The van der Waals surface area contributed by atoms with Crippen molar-refractivity contribution in [3.8, 4) is 5.75 Å². The smallest absolute Gasteiger partial charge is 0.336 e. The number of ether oxygens (including phenoxy) is 2. The lowest BCUT2D eigenvalue weighted by Gasteiger charge is -2.35. The average Bonchev–Trinajstić information content (AvgIpc) is 2.77. The number of rotatable bonds is 6. The molecule has 0 aromatic heterocycles. The number of carbonyl (C=O) groups excluding carboxylic acids is 2. The lowest BCUT2D eigenvalue weighted by Crippen LogP contribution is -2.39. The topological polar surface area (TPSA) is 65.0 Å². The third kappa shape index (κ3) is 4.61. The average molecular weight is 418 g/mol. The van der Waals surface area contributed by atoms with Crippen LogP contribution in [-0.4, -0.2) is 30.7 Å². The number of allylic oxidation sites excluding steroid dienone is 1. The van der Waals surface area contributed by atoms with Gasteiger partial charge < -0.3 is 9.47 Å². The molecule has 160 valence electrons. The first-order valence-electron chi connectivity index (χ1n) is 10.8. The Morgan fingerprint density at radius 1 is 0.968 bits per heavy atom. The Morgan fingerprint density at radius 2 is 1.71 bits per heavy atom. The summed E-state index contributed by atoms with van der Waals surface area (Å²) in [5, 5.41) is 0. The molecule has 1 unspecified atom stereocenters. The number of para-hydroxylation sites is 1. The van der Waals surface area contributed by atoms with Gasteiger partial charge in [-0.25, -0.2) is 4.79 Å². The van der Waals surface area contributed by atoms with Crippen LogP contribution in [0.5, 0.6) is 5.75 Å². The van der Waals surface area contributed by atoms with Crippen LogP contribution < -0.4 is 4.74 Å². The van der Waals surface area contributed by atoms with Gasteiger partial charge in [-0.3, -0.25) is 9.79 Å². The summed E-state index contributed by atoms with van der Waals surface area (Å²) in [5.41, 5.74) is 4.09. The molecule has 1 fully saturated rings. The molecule has 4 rings (SSSR count). The SMILES string of the molecule is CC1=C(C(=O)OCCOc2ccccc2)[C@@H](c2ccc(C)cc2)C2C(=O)CCCC2=N1. The zero-order chi connectivity index (χ0) is 21.8. The fraction of sp³-hybridized carbons (Fsp3) is 0.346. The van der Waals surface area contributed by atoms with Crippen molar-refractivity contribution in [3.05, 3.63) is 77.0 Å². The van der Waals surface area contributed by atoms with Crippen molar-refractivity contribution in [1.82, 2.24) is 0 Å². The number of benzene rings is 2. The summed E-state index contributed by atoms with van der Waals surface area (Å²) < 4.78 is 11.2. The van der Waals surface area contributed by atoms with Crippen LogP contribution in [0.2, 0.25) is 0 Å². The van der Waals surface area contributed by atoms with Crippen molar-refractivity contribution in [2.75, 3.05) is 13.2 Å². The number of aliphatic imine (C=N–C) groups is 1. The third-order valence-electron chi connectivity index (χ3n) is 5.89. The second-order valence-electron chi connectivity index (χ2n) is 8.09. The lowest BCUT2D eigenvalue weighted by atomic mass is 9.69. The van der Waals surface area contributed by atoms with E-state index in [1.165, 1.54) is 0 Å². The molecule has 1 saturated carbocycles. The molecule has 2 aromatic carbocycles. The molecular formula is C26H27NO4. The summed E-state index contributed by atoms with van der Waals surface area (Å²) in [4.78, 5) is 30.7. The summed E-state index contributed by atoms with van der Waals surface area (Å²) in [6, 6.07) is 17.4. The van der Waals surface area contributed by atoms with Gasteiger partial charge in [0.25, 0.3) is 0 Å². The number of esters is 1. The van der Waals surface area contributed by atoms with Gasteiger partial charge in [-0.2, -0.15) is 0 Å². The number of carbonyl (C=O) groups is 2. The minimum Gasteiger partial charge on any atom is -0.490 e. The number of nitrogens with zero attached hydrogens (tertiary/aromatic N) is 1. The van der Waals surface area contributed by atoms with Crippen LogP contribution in [-0.2, 0) is 14.3 Å². The molecule has 2 aromatic rings. The Morgan fingerprint density at radius 3 is 2.45 bits per heavy atom. The highest BCUT2D eigenvalue weighted by Crippen LogP contribution is 2.43. The zero-order valence-electron chi connectivity index (χ0n) is 18.0. The van der Waals surface area contributed by atoms with Crippen molar-refractivity contribution < 1.29 is 19.1 Å². The molecule has 5 heteroatoms. The molecule has 0 amide bonds. The minimum absolute atomic E-state index is 0.125. The Kier molecular flexibility index (Phi) is 6.31. The summed E-state index contributed by atoms with van der Waals surface area (Å²) in [7, 11) is 0. The van der Waals surface area contributed by atoms with Crippen molar-refractivity contribution in [2.45, 2.75) is 39.0 Å². The number of hydrogen-bond acceptors (Lipinski definition) is 5. The van der Waals surface area contributed by atoms with Crippen LogP contribution in [0, 0.1) is 12.8 Å². The molecule has 1 aliphatic carbocycles. The Hall–Kier alpha value is -3.21. The van der Waals surface area contributed by atoms with Crippen LogP contribution in [0.1, 0.15) is 43.2 Å². The zero-order valence-corrected chi connectivity index (χ0v) is 18.0. The molecule has 0 radical (unpaired) electrons. The first-order valence-corrected chi connectivity index (χ1v) is 10.8. The van der Waals surface area contributed by atoms with E-state index in [9.17, 15) is 9.59 Å². The van der Waals surface area contributed by atoms with E-state index in [0.717, 1.165) is 35.4 Å². The van der Waals surface area contributed by atoms with Gasteiger partial charge in [-0.05, 0) is 44.4 Å². The largest absolute Gasteiger partial charge is 0.490 e. The number of hydrogen-bond donors (Lipinski definition) is 0. The second-order valence-corrected chi connectivity index (χ2v) is 8.09. The standard InChI is InChI=1S/C26H27NO4/c1-17-11-13-19(14-12-17)24-23(18(2)27-21-9-6-10-22(28)25(21)24)26(29)31-16-15-30-20-7-4-3-5-8-20/h3-5,7-8,11-14,24-25H,6,9-10,15-16H2,1-2H3/t24-,25?/m1/s1. The fourth-order valence-electron chi connectivity index (χ4n) is 4.41. The third-order valence-corrected chi connectivity index (χ3v) is 5.89. The Bertz CT molecular complexity index is 1020. The van der Waals surface area contributed by atoms with Gasteiger partial charge in [-0.15, -0.1) is 0 Å². The first-order chi connectivity index (χ1) is 15.0. The number of ketones is 1. The predicted molar refractivity (Wildman–Crippen MR) is 119 cm³/mol. The van der Waals surface area contributed by atoms with E-state index in [1.54, 1.807) is 0 Å². The summed E-state index contributed by atoms with van der Waals surface area (Å²) in [6.07, 6.45) is 2.14. The second kappa shape index (κ2) is 9.29. The maximum Gasteiger partial charge on any atom is 0.336 e. The van der Waals surface area contributed by atoms with Crippen LogP contribution >= 0.6 is 0 Å². The fourth-order valence-corrected chi connectivity index (χ4v) is 4.41. The molecule has 5 nitrogen and oxygen atoms in total. The molecule has 1 aliphatic heterocycles. The van der Waals surface area contributed by atoms with Crippen LogP contribution in [0.15, 0.2) is 70.9 Å². The van der Waals surface area contributed by atoms with E-state index >= 15 is 0 Å².